The van der Waals surface area contributed by atoms with Crippen LogP contribution in [0.5, 0.6) is 11.5 Å². The first-order chi connectivity index (χ1) is 17.1. The van der Waals surface area contributed by atoms with Crippen molar-refractivity contribution in [3.8, 4) is 11.5 Å². The van der Waals surface area contributed by atoms with Crippen LogP contribution in [0.3, 0.4) is 0 Å². The molecule has 4 nitrogen and oxygen atoms in total. The molecule has 0 saturated heterocycles. The van der Waals surface area contributed by atoms with E-state index in [2.05, 4.69) is 19.9 Å². The molecule has 35 heavy (non-hydrogen) atoms. The van der Waals surface area contributed by atoms with Gasteiger partial charge in [0, 0.05) is 0 Å². The topological polar surface area (TPSA) is 58.6 Å². The highest BCUT2D eigenvalue weighted by Gasteiger charge is 2.18. The van der Waals surface area contributed by atoms with Crippen LogP contribution in [0.1, 0.15) is 115 Å². The number of phosphoric acid groups is 1. The fourth-order valence-electron chi connectivity index (χ4n) is 4.50. The minimum absolute atomic E-state index is 0.263. The highest BCUT2D eigenvalue weighted by atomic mass is 31.2. The summed E-state index contributed by atoms with van der Waals surface area (Å²) in [5, 5.41) is 0. The molecule has 0 radical (unpaired) electrons. The van der Waals surface area contributed by atoms with Crippen molar-refractivity contribution in [3.63, 3.8) is 0 Å². The average Bonchev–Trinajstić information content (AvgIpc) is 2.84. The monoisotopic (exact) mass is 501 g/mol. The molecule has 2 aromatic rings. The lowest BCUT2D eigenvalue weighted by atomic mass is 9.95. The lowest BCUT2D eigenvalue weighted by molar-refractivity contribution is -0.208. The van der Waals surface area contributed by atoms with Crippen LogP contribution in [0.4, 0.5) is 0 Å². The predicted molar refractivity (Wildman–Crippen MR) is 145 cm³/mol. The van der Waals surface area contributed by atoms with Crippen molar-refractivity contribution >= 4 is 7.82 Å². The van der Waals surface area contributed by atoms with E-state index in [1.54, 1.807) is 30.3 Å². The van der Waals surface area contributed by atoms with Crippen LogP contribution in [-0.4, -0.2) is 0 Å². The summed E-state index contributed by atoms with van der Waals surface area (Å²) in [6, 6.07) is 14.3. The van der Waals surface area contributed by atoms with E-state index >= 15 is 0 Å². The normalized spacial score (nSPS) is 12.9. The molecule has 2 rings (SSSR count). The Balaban J connectivity index is 2.01. The van der Waals surface area contributed by atoms with Gasteiger partial charge >= 0.3 is 7.82 Å². The summed E-state index contributed by atoms with van der Waals surface area (Å²) in [6.07, 6.45) is 19.2. The number of benzene rings is 2. The Labute approximate surface area is 214 Å². The van der Waals surface area contributed by atoms with Gasteiger partial charge in [0.1, 0.15) is 11.5 Å². The minimum Gasteiger partial charge on any atom is -0.736 e. The molecule has 0 heterocycles. The van der Waals surface area contributed by atoms with Gasteiger partial charge in [0.2, 0.25) is 0 Å². The zero-order chi connectivity index (χ0) is 25.2. The van der Waals surface area contributed by atoms with Gasteiger partial charge in [-0.2, -0.15) is 0 Å². The largest absolute Gasteiger partial charge is 0.736 e. The van der Waals surface area contributed by atoms with Gasteiger partial charge in [-0.15, -0.1) is 0 Å². The maximum Gasteiger partial charge on any atom is 0.372 e. The minimum atomic E-state index is -4.54. The lowest BCUT2D eigenvalue weighted by Gasteiger charge is -2.26. The first-order valence-corrected chi connectivity index (χ1v) is 15.4. The molecule has 0 aromatic heterocycles. The fourth-order valence-corrected chi connectivity index (χ4v) is 5.32. The molecule has 0 N–H and O–H groups in total. The first-order valence-electron chi connectivity index (χ1n) is 13.9. The second-order valence-corrected chi connectivity index (χ2v) is 10.8. The summed E-state index contributed by atoms with van der Waals surface area (Å²) in [7, 11) is -4.54. The molecule has 1 unspecified atom stereocenters. The van der Waals surface area contributed by atoms with Crippen molar-refractivity contribution in [1.82, 2.24) is 0 Å². The summed E-state index contributed by atoms with van der Waals surface area (Å²) in [4.78, 5) is 12.7. The molecule has 0 aliphatic rings. The van der Waals surface area contributed by atoms with Gasteiger partial charge in [-0.3, -0.25) is 0 Å². The molecule has 5 heteroatoms. The highest BCUT2D eigenvalue weighted by molar-refractivity contribution is 7.46. The molecule has 0 fully saturated rings. The van der Waals surface area contributed by atoms with E-state index in [9.17, 15) is 9.46 Å². The summed E-state index contributed by atoms with van der Waals surface area (Å²) in [6.45, 7) is 4.48. The number of para-hydroxylation sites is 1. The van der Waals surface area contributed by atoms with Crippen molar-refractivity contribution in [2.45, 2.75) is 117 Å². The number of unbranched alkanes of at least 4 members (excludes halogenated alkanes) is 12. The SMILES string of the molecule is CCCCCCCCCc1cccc(OP(=O)([O-])Oc2ccccc2)c1CCCCCCCCC. The van der Waals surface area contributed by atoms with Crippen molar-refractivity contribution in [2.75, 3.05) is 0 Å². The first kappa shape index (κ1) is 29.5. The highest BCUT2D eigenvalue weighted by Crippen LogP contribution is 2.42. The summed E-state index contributed by atoms with van der Waals surface area (Å²) >= 11 is 0. The molecule has 2 aromatic carbocycles. The summed E-state index contributed by atoms with van der Waals surface area (Å²) in [5.41, 5.74) is 2.24. The zero-order valence-electron chi connectivity index (χ0n) is 22.0. The molecule has 0 aliphatic heterocycles. The maximum absolute atomic E-state index is 12.7. The number of phosphoric ester groups is 1. The average molecular weight is 502 g/mol. The van der Waals surface area contributed by atoms with Crippen molar-refractivity contribution in [3.05, 3.63) is 59.7 Å². The number of hydrogen-bond acceptors (Lipinski definition) is 4. The van der Waals surface area contributed by atoms with Gasteiger partial charge in [-0.25, -0.2) is 4.57 Å². The third-order valence-electron chi connectivity index (χ3n) is 6.48. The van der Waals surface area contributed by atoms with Crippen LogP contribution in [0.15, 0.2) is 48.5 Å². The van der Waals surface area contributed by atoms with Crippen LogP contribution < -0.4 is 13.9 Å². The van der Waals surface area contributed by atoms with Crippen LogP contribution >= 0.6 is 7.82 Å². The van der Waals surface area contributed by atoms with E-state index in [0.29, 0.717) is 5.75 Å². The van der Waals surface area contributed by atoms with Crippen molar-refractivity contribution < 1.29 is 18.5 Å². The standard InChI is InChI=1S/C30H47O4P/c1-3-5-7-9-11-13-16-21-27-22-20-26-30(29(27)25-19-14-12-10-8-6-4-2)34-35(31,32)33-28-23-17-15-18-24-28/h15,17-18,20,22-24,26H,3-14,16,19,21,25H2,1-2H3,(H,31,32)/p-1. The molecule has 0 aliphatic carbocycles. The third-order valence-corrected chi connectivity index (χ3v) is 7.34. The Morgan fingerprint density at radius 3 is 1.77 bits per heavy atom. The van der Waals surface area contributed by atoms with Gasteiger partial charge in [0.05, 0.1) is 0 Å². The quantitative estimate of drug-likeness (QED) is 0.134. The maximum atomic E-state index is 12.7. The number of rotatable bonds is 20. The van der Waals surface area contributed by atoms with Gasteiger partial charge < -0.3 is 13.9 Å². The third kappa shape index (κ3) is 12.7. The van der Waals surface area contributed by atoms with Crippen LogP contribution in [0, 0.1) is 0 Å². The van der Waals surface area contributed by atoms with Crippen LogP contribution in [0.25, 0.3) is 0 Å². The van der Waals surface area contributed by atoms with Crippen molar-refractivity contribution in [2.24, 2.45) is 0 Å². The molecule has 0 spiro atoms. The van der Waals surface area contributed by atoms with E-state index < -0.39 is 7.82 Å². The Morgan fingerprint density at radius 1 is 0.629 bits per heavy atom. The number of aryl methyl sites for hydroxylation is 1. The molecule has 1 atom stereocenters. The van der Waals surface area contributed by atoms with E-state index in [-0.39, 0.29) is 5.75 Å². The van der Waals surface area contributed by atoms with Crippen molar-refractivity contribution in [1.29, 1.82) is 0 Å². The molecule has 0 saturated carbocycles. The Hall–Kier alpha value is -1.77. The Bertz CT molecular complexity index is 853. The number of hydrogen-bond donors (Lipinski definition) is 0. The van der Waals surface area contributed by atoms with E-state index in [1.165, 1.54) is 76.2 Å². The molecule has 0 bridgehead atoms. The fraction of sp³-hybridized carbons (Fsp3) is 0.600. The molecular formula is C30H46O4P-. The second kappa shape index (κ2) is 17.6. The Morgan fingerprint density at radius 2 is 1.17 bits per heavy atom. The van der Waals surface area contributed by atoms with Crippen LogP contribution in [-0.2, 0) is 17.4 Å². The summed E-state index contributed by atoms with van der Waals surface area (Å²) in [5.74, 6) is 0.685. The molecular weight excluding hydrogens is 455 g/mol. The smallest absolute Gasteiger partial charge is 0.372 e. The molecule has 196 valence electrons. The van der Waals surface area contributed by atoms with Gasteiger partial charge in [0.15, 0.2) is 0 Å². The Kier molecular flexibility index (Phi) is 14.8. The van der Waals surface area contributed by atoms with Gasteiger partial charge in [0.25, 0.3) is 0 Å². The predicted octanol–water partition coefficient (Wildman–Crippen LogP) is 9.20. The van der Waals surface area contributed by atoms with E-state index in [4.69, 9.17) is 9.05 Å². The zero-order valence-corrected chi connectivity index (χ0v) is 22.9. The van der Waals surface area contributed by atoms with Gasteiger partial charge in [-0.1, -0.05) is 121 Å². The second-order valence-electron chi connectivity index (χ2n) is 9.58. The summed E-state index contributed by atoms with van der Waals surface area (Å²) < 4.78 is 23.4. The van der Waals surface area contributed by atoms with Crippen LogP contribution in [0.2, 0.25) is 0 Å². The van der Waals surface area contributed by atoms with E-state index in [0.717, 1.165) is 37.7 Å². The molecule has 0 amide bonds. The van der Waals surface area contributed by atoms with E-state index in [1.807, 2.05) is 12.1 Å². The van der Waals surface area contributed by atoms with Gasteiger partial charge in [-0.05, 0) is 55.0 Å². The lowest BCUT2D eigenvalue weighted by Crippen LogP contribution is -2.14.